The Bertz CT molecular complexity index is 832. The maximum atomic E-state index is 12.0. The summed E-state index contributed by atoms with van der Waals surface area (Å²) < 4.78 is 0. The van der Waals surface area contributed by atoms with Gasteiger partial charge in [-0.15, -0.1) is 0 Å². The van der Waals surface area contributed by atoms with E-state index in [0.717, 1.165) is 10.9 Å². The molecule has 22 heavy (non-hydrogen) atoms. The molecule has 0 bridgehead atoms. The minimum absolute atomic E-state index is 0.157. The van der Waals surface area contributed by atoms with Crippen molar-refractivity contribution in [2.75, 3.05) is 10.6 Å². The third-order valence-electron chi connectivity index (χ3n) is 2.91. The number of amides is 2. The van der Waals surface area contributed by atoms with Crippen molar-refractivity contribution in [2.45, 2.75) is 6.92 Å². The first-order valence-corrected chi connectivity index (χ1v) is 6.92. The van der Waals surface area contributed by atoms with Crippen molar-refractivity contribution in [1.29, 1.82) is 0 Å². The molecule has 7 heteroatoms. The summed E-state index contributed by atoms with van der Waals surface area (Å²) >= 11 is 5.83. The number of carbonyl (C=O) groups is 1. The van der Waals surface area contributed by atoms with Gasteiger partial charge in [0.05, 0.1) is 5.52 Å². The van der Waals surface area contributed by atoms with Gasteiger partial charge in [0.25, 0.3) is 0 Å². The summed E-state index contributed by atoms with van der Waals surface area (Å²) in [5.41, 5.74) is 2.19. The standard InChI is InChI=1S/C15H12ClN5O/c1-9-7-13(16)20-14(18-9)21-15(22)19-11-4-5-12-10(8-11)3-2-6-17-12/h2-8H,1H3,(H2,18,19,20,21,22). The van der Waals surface area contributed by atoms with Gasteiger partial charge >= 0.3 is 6.03 Å². The van der Waals surface area contributed by atoms with E-state index in [2.05, 4.69) is 25.6 Å². The number of hydrogen-bond acceptors (Lipinski definition) is 4. The van der Waals surface area contributed by atoms with Gasteiger partial charge in [0.1, 0.15) is 5.15 Å². The van der Waals surface area contributed by atoms with Gasteiger partial charge < -0.3 is 5.32 Å². The van der Waals surface area contributed by atoms with Crippen LogP contribution in [0.3, 0.4) is 0 Å². The van der Waals surface area contributed by atoms with Crippen LogP contribution in [0.2, 0.25) is 5.15 Å². The van der Waals surface area contributed by atoms with E-state index < -0.39 is 6.03 Å². The van der Waals surface area contributed by atoms with Crippen LogP contribution < -0.4 is 10.6 Å². The molecule has 0 atom stereocenters. The van der Waals surface area contributed by atoms with Crippen LogP contribution in [0, 0.1) is 6.92 Å². The van der Waals surface area contributed by atoms with Crippen LogP contribution in [0.15, 0.2) is 42.6 Å². The molecular weight excluding hydrogens is 302 g/mol. The molecule has 0 aliphatic heterocycles. The average Bonchev–Trinajstić information content (AvgIpc) is 2.45. The number of fused-ring (bicyclic) bond motifs is 1. The summed E-state index contributed by atoms with van der Waals surface area (Å²) in [5, 5.41) is 6.49. The molecule has 0 saturated heterocycles. The van der Waals surface area contributed by atoms with Crippen molar-refractivity contribution in [3.63, 3.8) is 0 Å². The molecule has 3 aromatic rings. The van der Waals surface area contributed by atoms with Gasteiger partial charge in [0.15, 0.2) is 0 Å². The molecule has 1 aromatic carbocycles. The SMILES string of the molecule is Cc1cc(Cl)nc(NC(=O)Nc2ccc3ncccc3c2)n1. The molecule has 2 aromatic heterocycles. The summed E-state index contributed by atoms with van der Waals surface area (Å²) in [6.07, 6.45) is 1.72. The Labute approximate surface area is 131 Å². The van der Waals surface area contributed by atoms with Crippen molar-refractivity contribution in [3.05, 3.63) is 53.4 Å². The molecular formula is C15H12ClN5O. The van der Waals surface area contributed by atoms with E-state index in [-0.39, 0.29) is 11.1 Å². The molecule has 0 aliphatic rings. The minimum atomic E-state index is -0.440. The third kappa shape index (κ3) is 3.29. The quantitative estimate of drug-likeness (QED) is 0.708. The van der Waals surface area contributed by atoms with E-state index in [1.54, 1.807) is 25.3 Å². The van der Waals surface area contributed by atoms with Crippen LogP contribution in [0.5, 0.6) is 0 Å². The van der Waals surface area contributed by atoms with Crippen molar-refractivity contribution < 1.29 is 4.79 Å². The van der Waals surface area contributed by atoms with Crippen LogP contribution >= 0.6 is 11.6 Å². The van der Waals surface area contributed by atoms with Gasteiger partial charge in [0.2, 0.25) is 5.95 Å². The number of nitrogens with zero attached hydrogens (tertiary/aromatic N) is 3. The summed E-state index contributed by atoms with van der Waals surface area (Å²) in [4.78, 5) is 24.2. The Hall–Kier alpha value is -2.73. The van der Waals surface area contributed by atoms with Crippen molar-refractivity contribution >= 4 is 40.2 Å². The molecule has 110 valence electrons. The number of urea groups is 1. The molecule has 3 rings (SSSR count). The average molecular weight is 314 g/mol. The molecule has 0 unspecified atom stereocenters. The second kappa shape index (κ2) is 5.95. The van der Waals surface area contributed by atoms with Crippen molar-refractivity contribution in [3.8, 4) is 0 Å². The van der Waals surface area contributed by atoms with Gasteiger partial charge in [0, 0.05) is 23.0 Å². The first kappa shape index (κ1) is 14.2. The van der Waals surface area contributed by atoms with Crippen LogP contribution in [0.25, 0.3) is 10.9 Å². The molecule has 0 spiro atoms. The fourth-order valence-electron chi connectivity index (χ4n) is 2.00. The topological polar surface area (TPSA) is 79.8 Å². The lowest BCUT2D eigenvalue weighted by molar-refractivity contribution is 0.262. The van der Waals surface area contributed by atoms with Crippen molar-refractivity contribution in [1.82, 2.24) is 15.0 Å². The molecule has 0 saturated carbocycles. The van der Waals surface area contributed by atoms with Crippen LogP contribution in [-0.2, 0) is 0 Å². The predicted molar refractivity (Wildman–Crippen MR) is 86.2 cm³/mol. The zero-order valence-electron chi connectivity index (χ0n) is 11.7. The molecule has 2 N–H and O–H groups in total. The largest absolute Gasteiger partial charge is 0.326 e. The highest BCUT2D eigenvalue weighted by molar-refractivity contribution is 6.29. The third-order valence-corrected chi connectivity index (χ3v) is 3.10. The summed E-state index contributed by atoms with van der Waals surface area (Å²) in [6.45, 7) is 1.77. The van der Waals surface area contributed by atoms with E-state index >= 15 is 0 Å². The Morgan fingerprint density at radius 3 is 2.82 bits per heavy atom. The van der Waals surface area contributed by atoms with Gasteiger partial charge in [-0.3, -0.25) is 10.3 Å². The van der Waals surface area contributed by atoms with Gasteiger partial charge in [-0.2, -0.15) is 0 Å². The highest BCUT2D eigenvalue weighted by Crippen LogP contribution is 2.17. The Morgan fingerprint density at radius 1 is 1.14 bits per heavy atom. The monoisotopic (exact) mass is 313 g/mol. The number of halogens is 1. The van der Waals surface area contributed by atoms with E-state index in [0.29, 0.717) is 11.4 Å². The van der Waals surface area contributed by atoms with E-state index in [9.17, 15) is 4.79 Å². The van der Waals surface area contributed by atoms with Gasteiger partial charge in [-0.05, 0) is 37.3 Å². The first-order valence-electron chi connectivity index (χ1n) is 6.54. The van der Waals surface area contributed by atoms with Gasteiger partial charge in [-0.1, -0.05) is 17.7 Å². The number of hydrogen-bond donors (Lipinski definition) is 2. The number of anilines is 2. The minimum Gasteiger partial charge on any atom is -0.308 e. The lowest BCUT2D eigenvalue weighted by Gasteiger charge is -2.08. The number of aryl methyl sites for hydroxylation is 1. The van der Waals surface area contributed by atoms with Crippen molar-refractivity contribution in [2.24, 2.45) is 0 Å². The number of rotatable bonds is 2. The number of benzene rings is 1. The lowest BCUT2D eigenvalue weighted by atomic mass is 10.2. The maximum Gasteiger partial charge on any atom is 0.326 e. The predicted octanol–water partition coefficient (Wildman–Crippen LogP) is 3.63. The lowest BCUT2D eigenvalue weighted by Crippen LogP contribution is -2.21. The number of aromatic nitrogens is 3. The zero-order valence-corrected chi connectivity index (χ0v) is 12.4. The fraction of sp³-hybridized carbons (Fsp3) is 0.0667. The molecule has 6 nitrogen and oxygen atoms in total. The van der Waals surface area contributed by atoms with E-state index in [1.165, 1.54) is 0 Å². The Kier molecular flexibility index (Phi) is 3.84. The van der Waals surface area contributed by atoms with E-state index in [1.807, 2.05) is 24.3 Å². The first-order chi connectivity index (χ1) is 10.6. The molecule has 2 amide bonds. The molecule has 0 radical (unpaired) electrons. The van der Waals surface area contributed by atoms with Crippen LogP contribution in [-0.4, -0.2) is 21.0 Å². The number of pyridine rings is 1. The summed E-state index contributed by atoms with van der Waals surface area (Å²) in [6, 6.07) is 10.4. The summed E-state index contributed by atoms with van der Waals surface area (Å²) in [7, 11) is 0. The second-order valence-electron chi connectivity index (χ2n) is 4.65. The van der Waals surface area contributed by atoms with E-state index in [4.69, 9.17) is 11.6 Å². The smallest absolute Gasteiger partial charge is 0.308 e. The highest BCUT2D eigenvalue weighted by Gasteiger charge is 2.07. The second-order valence-corrected chi connectivity index (χ2v) is 5.03. The Morgan fingerprint density at radius 2 is 2.00 bits per heavy atom. The molecule has 0 aliphatic carbocycles. The summed E-state index contributed by atoms with van der Waals surface area (Å²) in [5.74, 6) is 0.157. The Balaban J connectivity index is 1.75. The number of nitrogens with one attached hydrogen (secondary N) is 2. The van der Waals surface area contributed by atoms with Gasteiger partial charge in [-0.25, -0.2) is 14.8 Å². The fourth-order valence-corrected chi connectivity index (χ4v) is 2.24. The molecule has 2 heterocycles. The zero-order chi connectivity index (χ0) is 15.5. The highest BCUT2D eigenvalue weighted by atomic mass is 35.5. The number of carbonyl (C=O) groups excluding carboxylic acids is 1. The van der Waals surface area contributed by atoms with Crippen LogP contribution in [0.4, 0.5) is 16.4 Å². The normalized spacial score (nSPS) is 10.5. The maximum absolute atomic E-state index is 12.0. The molecule has 0 fully saturated rings. The van der Waals surface area contributed by atoms with Crippen LogP contribution in [0.1, 0.15) is 5.69 Å².